The van der Waals surface area contributed by atoms with E-state index in [1.165, 1.54) is 4.90 Å². The van der Waals surface area contributed by atoms with Crippen LogP contribution in [0.2, 0.25) is 0 Å². The highest BCUT2D eigenvalue weighted by molar-refractivity contribution is 5.97. The van der Waals surface area contributed by atoms with Gasteiger partial charge in [0, 0.05) is 12.8 Å². The van der Waals surface area contributed by atoms with Gasteiger partial charge in [-0.3, -0.25) is 14.5 Å². The molecule has 0 bridgehead atoms. The first-order valence-corrected chi connectivity index (χ1v) is 5.31. The van der Waals surface area contributed by atoms with E-state index in [0.29, 0.717) is 37.3 Å². The number of carbonyl (C=O) groups is 2. The van der Waals surface area contributed by atoms with Gasteiger partial charge in [-0.05, 0) is 18.6 Å². The number of hydrogen-bond donors (Lipinski definition) is 1. The Hall–Kier alpha value is -1.62. The summed E-state index contributed by atoms with van der Waals surface area (Å²) < 4.78 is 5.36. The number of amides is 2. The summed E-state index contributed by atoms with van der Waals surface area (Å²) in [5.41, 5.74) is 5.41. The highest BCUT2D eigenvalue weighted by Gasteiger charge is 2.26. The zero-order valence-corrected chi connectivity index (χ0v) is 8.94. The minimum Gasteiger partial charge on any atom is -0.463 e. The number of carbonyl (C=O) groups excluding carboxylic acids is 2. The maximum Gasteiger partial charge on any atom is 0.229 e. The van der Waals surface area contributed by atoms with Crippen LogP contribution in [0.1, 0.15) is 30.8 Å². The van der Waals surface area contributed by atoms with Gasteiger partial charge in [-0.25, -0.2) is 0 Å². The van der Waals surface area contributed by atoms with E-state index in [4.69, 9.17) is 10.2 Å². The van der Waals surface area contributed by atoms with Crippen LogP contribution in [0.3, 0.4) is 0 Å². The Morgan fingerprint density at radius 1 is 1.19 bits per heavy atom. The van der Waals surface area contributed by atoms with E-state index in [1.54, 1.807) is 12.1 Å². The van der Waals surface area contributed by atoms with Gasteiger partial charge in [0.1, 0.15) is 11.5 Å². The molecule has 0 aliphatic carbocycles. The molecule has 5 heteroatoms. The molecule has 0 atom stereocenters. The molecule has 0 unspecified atom stereocenters. The molecular weight excluding hydrogens is 208 g/mol. The third kappa shape index (κ3) is 2.14. The predicted octanol–water partition coefficient (Wildman–Crippen LogP) is 0.777. The molecule has 0 saturated carbocycles. The monoisotopic (exact) mass is 222 g/mol. The van der Waals surface area contributed by atoms with Crippen molar-refractivity contribution in [2.45, 2.75) is 32.4 Å². The zero-order valence-electron chi connectivity index (χ0n) is 8.94. The van der Waals surface area contributed by atoms with Crippen LogP contribution in [0.4, 0.5) is 0 Å². The number of hydrogen-bond acceptors (Lipinski definition) is 4. The van der Waals surface area contributed by atoms with Crippen LogP contribution in [-0.4, -0.2) is 16.7 Å². The van der Waals surface area contributed by atoms with Gasteiger partial charge in [0.2, 0.25) is 11.8 Å². The van der Waals surface area contributed by atoms with E-state index < -0.39 is 0 Å². The summed E-state index contributed by atoms with van der Waals surface area (Å²) in [5.74, 6) is 1.01. The van der Waals surface area contributed by atoms with Crippen LogP contribution in [0, 0.1) is 0 Å². The summed E-state index contributed by atoms with van der Waals surface area (Å²) in [4.78, 5) is 24.3. The van der Waals surface area contributed by atoms with E-state index in [1.807, 2.05) is 0 Å². The average Bonchev–Trinajstić information content (AvgIpc) is 2.71. The van der Waals surface area contributed by atoms with Crippen LogP contribution in [0.15, 0.2) is 16.5 Å². The van der Waals surface area contributed by atoms with Gasteiger partial charge in [-0.15, -0.1) is 0 Å². The van der Waals surface area contributed by atoms with Crippen molar-refractivity contribution in [3.63, 3.8) is 0 Å². The topological polar surface area (TPSA) is 76.5 Å². The maximum atomic E-state index is 11.5. The molecule has 1 fully saturated rings. The second-order valence-corrected chi connectivity index (χ2v) is 3.80. The summed E-state index contributed by atoms with van der Waals surface area (Å²) in [6, 6.07) is 3.51. The van der Waals surface area contributed by atoms with Crippen molar-refractivity contribution in [3.05, 3.63) is 23.7 Å². The van der Waals surface area contributed by atoms with E-state index in [-0.39, 0.29) is 18.4 Å². The highest BCUT2D eigenvalue weighted by Crippen LogP contribution is 2.17. The molecule has 1 aliphatic heterocycles. The third-order valence-corrected chi connectivity index (χ3v) is 2.62. The van der Waals surface area contributed by atoms with Crippen LogP contribution in [0.5, 0.6) is 0 Å². The lowest BCUT2D eigenvalue weighted by molar-refractivity contribution is -0.149. The highest BCUT2D eigenvalue weighted by atomic mass is 16.3. The molecule has 0 spiro atoms. The van der Waals surface area contributed by atoms with E-state index in [0.717, 1.165) is 0 Å². The van der Waals surface area contributed by atoms with Gasteiger partial charge in [0.15, 0.2) is 0 Å². The predicted molar refractivity (Wildman–Crippen MR) is 56.0 cm³/mol. The molecule has 0 radical (unpaired) electrons. The van der Waals surface area contributed by atoms with Crippen molar-refractivity contribution in [2.75, 3.05) is 0 Å². The Labute approximate surface area is 93.2 Å². The normalized spacial score (nSPS) is 16.9. The van der Waals surface area contributed by atoms with Gasteiger partial charge >= 0.3 is 0 Å². The maximum absolute atomic E-state index is 11.5. The Bertz CT molecular complexity index is 395. The molecule has 2 N–H and O–H groups in total. The van der Waals surface area contributed by atoms with E-state index in [2.05, 4.69) is 0 Å². The summed E-state index contributed by atoms with van der Waals surface area (Å²) in [6.07, 6.45) is 1.53. The number of nitrogens with two attached hydrogens (primary N) is 1. The molecule has 1 aliphatic rings. The van der Waals surface area contributed by atoms with E-state index >= 15 is 0 Å². The number of imide groups is 1. The Morgan fingerprint density at radius 2 is 1.81 bits per heavy atom. The standard InChI is InChI=1S/C11H14N2O3/c12-6-8-4-5-9(16-8)7-13-10(14)2-1-3-11(13)15/h4-5H,1-3,6-7,12H2. The number of nitrogens with zero attached hydrogens (tertiary/aromatic N) is 1. The largest absolute Gasteiger partial charge is 0.463 e. The lowest BCUT2D eigenvalue weighted by Crippen LogP contribution is -2.39. The third-order valence-electron chi connectivity index (χ3n) is 2.62. The van der Waals surface area contributed by atoms with Crippen LogP contribution < -0.4 is 5.73 Å². The van der Waals surface area contributed by atoms with Gasteiger partial charge in [-0.2, -0.15) is 0 Å². The summed E-state index contributed by atoms with van der Waals surface area (Å²) in [7, 11) is 0. The fraction of sp³-hybridized carbons (Fsp3) is 0.455. The second-order valence-electron chi connectivity index (χ2n) is 3.80. The number of furan rings is 1. The van der Waals surface area contributed by atoms with Crippen molar-refractivity contribution in [1.29, 1.82) is 0 Å². The minimum atomic E-state index is -0.123. The lowest BCUT2D eigenvalue weighted by Gasteiger charge is -2.23. The molecule has 2 heterocycles. The Kier molecular flexibility index (Phi) is 3.05. The Morgan fingerprint density at radius 3 is 2.38 bits per heavy atom. The smallest absolute Gasteiger partial charge is 0.229 e. The molecule has 5 nitrogen and oxygen atoms in total. The van der Waals surface area contributed by atoms with Gasteiger partial charge in [0.05, 0.1) is 13.1 Å². The summed E-state index contributed by atoms with van der Waals surface area (Å²) in [5, 5.41) is 0. The first-order valence-electron chi connectivity index (χ1n) is 5.31. The van der Waals surface area contributed by atoms with Crippen LogP contribution in [0.25, 0.3) is 0 Å². The minimum absolute atomic E-state index is 0.123. The molecule has 16 heavy (non-hydrogen) atoms. The van der Waals surface area contributed by atoms with Gasteiger partial charge in [0.25, 0.3) is 0 Å². The SMILES string of the molecule is NCc1ccc(CN2C(=O)CCCC2=O)o1. The Balaban J connectivity index is 2.07. The van der Waals surface area contributed by atoms with Crippen molar-refractivity contribution in [2.24, 2.45) is 5.73 Å². The second kappa shape index (κ2) is 4.49. The van der Waals surface area contributed by atoms with Crippen molar-refractivity contribution >= 4 is 11.8 Å². The molecular formula is C11H14N2O3. The first-order chi connectivity index (χ1) is 7.70. The fourth-order valence-electron chi connectivity index (χ4n) is 1.75. The number of rotatable bonds is 3. The van der Waals surface area contributed by atoms with Gasteiger partial charge in [-0.1, -0.05) is 0 Å². The van der Waals surface area contributed by atoms with Gasteiger partial charge < -0.3 is 10.2 Å². The quantitative estimate of drug-likeness (QED) is 0.766. The molecule has 2 amide bonds. The van der Waals surface area contributed by atoms with Crippen molar-refractivity contribution in [1.82, 2.24) is 4.90 Å². The lowest BCUT2D eigenvalue weighted by atomic mass is 10.1. The van der Waals surface area contributed by atoms with Crippen LogP contribution in [-0.2, 0) is 22.7 Å². The summed E-state index contributed by atoms with van der Waals surface area (Å²) >= 11 is 0. The summed E-state index contributed by atoms with van der Waals surface area (Å²) in [6.45, 7) is 0.541. The molecule has 0 aromatic carbocycles. The molecule has 1 aromatic rings. The molecule has 1 aromatic heterocycles. The molecule has 86 valence electrons. The zero-order chi connectivity index (χ0) is 11.5. The fourth-order valence-corrected chi connectivity index (χ4v) is 1.75. The molecule has 1 saturated heterocycles. The number of likely N-dealkylation sites (tertiary alicyclic amines) is 1. The van der Waals surface area contributed by atoms with Crippen molar-refractivity contribution < 1.29 is 14.0 Å². The molecule has 2 rings (SSSR count). The first kappa shape index (κ1) is 10.9. The number of piperidine rings is 1. The van der Waals surface area contributed by atoms with Crippen LogP contribution >= 0.6 is 0 Å². The average molecular weight is 222 g/mol. The van der Waals surface area contributed by atoms with Crippen molar-refractivity contribution in [3.8, 4) is 0 Å². The van der Waals surface area contributed by atoms with E-state index in [9.17, 15) is 9.59 Å².